The SMILES string of the molecule is CCCNC(Cc1cc(C)cc(C)c1)Cc1cccs1. The van der Waals surface area contributed by atoms with Gasteiger partial charge in [-0.2, -0.15) is 0 Å². The standard InChI is InChI=1S/C18H25NS/c1-4-7-19-17(13-18-6-5-8-20-18)12-16-10-14(2)9-15(3)11-16/h5-6,8-11,17,19H,4,7,12-13H2,1-3H3. The third-order valence-corrected chi connectivity index (χ3v) is 4.37. The number of rotatable bonds is 7. The number of benzene rings is 1. The fourth-order valence-electron chi connectivity index (χ4n) is 2.71. The van der Waals surface area contributed by atoms with E-state index in [0.717, 1.165) is 19.4 Å². The van der Waals surface area contributed by atoms with Gasteiger partial charge in [-0.25, -0.2) is 0 Å². The summed E-state index contributed by atoms with van der Waals surface area (Å²) in [5.74, 6) is 0. The van der Waals surface area contributed by atoms with Crippen LogP contribution in [0.25, 0.3) is 0 Å². The average Bonchev–Trinajstić information content (AvgIpc) is 2.87. The molecular weight excluding hydrogens is 262 g/mol. The van der Waals surface area contributed by atoms with Crippen LogP contribution >= 0.6 is 11.3 Å². The normalized spacial score (nSPS) is 12.6. The summed E-state index contributed by atoms with van der Waals surface area (Å²) < 4.78 is 0. The predicted molar refractivity (Wildman–Crippen MR) is 89.7 cm³/mol. The molecule has 0 saturated carbocycles. The van der Waals surface area contributed by atoms with Gasteiger partial charge in [0.25, 0.3) is 0 Å². The number of hydrogen-bond acceptors (Lipinski definition) is 2. The summed E-state index contributed by atoms with van der Waals surface area (Å²) in [6.45, 7) is 7.70. The molecule has 0 fully saturated rings. The lowest BCUT2D eigenvalue weighted by molar-refractivity contribution is 0.507. The van der Waals surface area contributed by atoms with Crippen LogP contribution in [0.1, 0.15) is 34.9 Å². The molecule has 108 valence electrons. The third kappa shape index (κ3) is 4.77. The molecule has 2 aromatic rings. The lowest BCUT2D eigenvalue weighted by Crippen LogP contribution is -2.33. The minimum absolute atomic E-state index is 0.537. The first-order valence-electron chi connectivity index (χ1n) is 7.50. The van der Waals surface area contributed by atoms with Crippen molar-refractivity contribution in [3.8, 4) is 0 Å². The van der Waals surface area contributed by atoms with Crippen molar-refractivity contribution in [1.82, 2.24) is 5.32 Å². The molecule has 1 N–H and O–H groups in total. The zero-order chi connectivity index (χ0) is 14.4. The zero-order valence-electron chi connectivity index (χ0n) is 12.8. The second-order valence-electron chi connectivity index (χ2n) is 5.63. The van der Waals surface area contributed by atoms with E-state index < -0.39 is 0 Å². The maximum absolute atomic E-state index is 3.70. The van der Waals surface area contributed by atoms with Crippen LogP contribution in [-0.2, 0) is 12.8 Å². The van der Waals surface area contributed by atoms with Crippen molar-refractivity contribution in [2.75, 3.05) is 6.54 Å². The fourth-order valence-corrected chi connectivity index (χ4v) is 3.49. The first-order chi connectivity index (χ1) is 9.67. The Bertz CT molecular complexity index is 496. The molecule has 0 amide bonds. The van der Waals surface area contributed by atoms with Crippen molar-refractivity contribution in [3.05, 3.63) is 57.3 Å². The van der Waals surface area contributed by atoms with Gasteiger partial charge in [0, 0.05) is 10.9 Å². The highest BCUT2D eigenvalue weighted by Crippen LogP contribution is 2.16. The van der Waals surface area contributed by atoms with Gasteiger partial charge in [0.05, 0.1) is 0 Å². The van der Waals surface area contributed by atoms with Crippen LogP contribution in [0.15, 0.2) is 35.7 Å². The number of thiophene rings is 1. The van der Waals surface area contributed by atoms with E-state index in [1.807, 2.05) is 11.3 Å². The van der Waals surface area contributed by atoms with Crippen molar-refractivity contribution < 1.29 is 0 Å². The highest BCUT2D eigenvalue weighted by Gasteiger charge is 2.11. The van der Waals surface area contributed by atoms with Crippen LogP contribution in [0.5, 0.6) is 0 Å². The molecule has 1 atom stereocenters. The van der Waals surface area contributed by atoms with Crippen LogP contribution in [0.4, 0.5) is 0 Å². The van der Waals surface area contributed by atoms with E-state index in [9.17, 15) is 0 Å². The monoisotopic (exact) mass is 287 g/mol. The molecular formula is C18H25NS. The maximum Gasteiger partial charge on any atom is 0.0156 e. The van der Waals surface area contributed by atoms with Gasteiger partial charge in [0.15, 0.2) is 0 Å². The average molecular weight is 287 g/mol. The Labute approximate surface area is 127 Å². The highest BCUT2D eigenvalue weighted by atomic mass is 32.1. The molecule has 0 radical (unpaired) electrons. The van der Waals surface area contributed by atoms with Crippen molar-refractivity contribution >= 4 is 11.3 Å². The van der Waals surface area contributed by atoms with E-state index in [-0.39, 0.29) is 0 Å². The van der Waals surface area contributed by atoms with Gasteiger partial charge in [-0.15, -0.1) is 11.3 Å². The Morgan fingerprint density at radius 3 is 2.45 bits per heavy atom. The summed E-state index contributed by atoms with van der Waals surface area (Å²) in [4.78, 5) is 1.47. The smallest absolute Gasteiger partial charge is 0.0156 e. The second kappa shape index (κ2) is 7.61. The largest absolute Gasteiger partial charge is 0.313 e. The Morgan fingerprint density at radius 1 is 1.10 bits per heavy atom. The Kier molecular flexibility index (Phi) is 5.81. The molecule has 0 spiro atoms. The first-order valence-corrected chi connectivity index (χ1v) is 8.38. The van der Waals surface area contributed by atoms with Crippen LogP contribution in [0, 0.1) is 13.8 Å². The molecule has 20 heavy (non-hydrogen) atoms. The maximum atomic E-state index is 3.70. The van der Waals surface area contributed by atoms with Gasteiger partial charge >= 0.3 is 0 Å². The predicted octanol–water partition coefficient (Wildman–Crippen LogP) is 4.52. The number of nitrogens with one attached hydrogen (secondary N) is 1. The van der Waals surface area contributed by atoms with E-state index in [1.165, 1.54) is 28.0 Å². The molecule has 1 aromatic carbocycles. The molecule has 0 aliphatic rings. The van der Waals surface area contributed by atoms with Crippen LogP contribution < -0.4 is 5.32 Å². The molecule has 0 saturated heterocycles. The highest BCUT2D eigenvalue weighted by molar-refractivity contribution is 7.09. The molecule has 0 aliphatic carbocycles. The molecule has 2 rings (SSSR count). The van der Waals surface area contributed by atoms with Crippen molar-refractivity contribution in [3.63, 3.8) is 0 Å². The number of hydrogen-bond donors (Lipinski definition) is 1. The minimum Gasteiger partial charge on any atom is -0.313 e. The van der Waals surface area contributed by atoms with E-state index in [4.69, 9.17) is 0 Å². The van der Waals surface area contributed by atoms with Crippen LogP contribution in [-0.4, -0.2) is 12.6 Å². The lowest BCUT2D eigenvalue weighted by atomic mass is 9.99. The molecule has 2 heteroatoms. The van der Waals surface area contributed by atoms with Gasteiger partial charge < -0.3 is 5.32 Å². The van der Waals surface area contributed by atoms with Crippen molar-refractivity contribution in [1.29, 1.82) is 0 Å². The molecule has 0 bridgehead atoms. The van der Waals surface area contributed by atoms with Gasteiger partial charge in [0.2, 0.25) is 0 Å². The molecule has 1 aromatic heterocycles. The molecule has 0 aliphatic heterocycles. The van der Waals surface area contributed by atoms with Crippen LogP contribution in [0.2, 0.25) is 0 Å². The Balaban J connectivity index is 2.05. The topological polar surface area (TPSA) is 12.0 Å². The van der Waals surface area contributed by atoms with Crippen LogP contribution in [0.3, 0.4) is 0 Å². The lowest BCUT2D eigenvalue weighted by Gasteiger charge is -2.18. The van der Waals surface area contributed by atoms with E-state index in [0.29, 0.717) is 6.04 Å². The summed E-state index contributed by atoms with van der Waals surface area (Å²) in [5.41, 5.74) is 4.18. The van der Waals surface area contributed by atoms with E-state index in [2.05, 4.69) is 61.8 Å². The Morgan fingerprint density at radius 2 is 1.85 bits per heavy atom. The first kappa shape index (κ1) is 15.3. The van der Waals surface area contributed by atoms with Gasteiger partial charge in [-0.05, 0) is 56.7 Å². The van der Waals surface area contributed by atoms with Gasteiger partial charge in [-0.3, -0.25) is 0 Å². The van der Waals surface area contributed by atoms with E-state index in [1.54, 1.807) is 0 Å². The molecule has 1 nitrogen and oxygen atoms in total. The quantitative estimate of drug-likeness (QED) is 0.789. The summed E-state index contributed by atoms with van der Waals surface area (Å²) in [6.07, 6.45) is 3.43. The summed E-state index contributed by atoms with van der Waals surface area (Å²) in [6, 6.07) is 11.8. The molecule has 1 unspecified atom stereocenters. The summed E-state index contributed by atoms with van der Waals surface area (Å²) >= 11 is 1.86. The minimum atomic E-state index is 0.537. The number of aryl methyl sites for hydroxylation is 2. The Hall–Kier alpha value is -1.12. The third-order valence-electron chi connectivity index (χ3n) is 3.47. The summed E-state index contributed by atoms with van der Waals surface area (Å²) in [5, 5.41) is 5.87. The van der Waals surface area contributed by atoms with Crippen molar-refractivity contribution in [2.45, 2.75) is 46.1 Å². The zero-order valence-corrected chi connectivity index (χ0v) is 13.6. The molecule has 1 heterocycles. The van der Waals surface area contributed by atoms with E-state index >= 15 is 0 Å². The second-order valence-corrected chi connectivity index (χ2v) is 6.67. The van der Waals surface area contributed by atoms with Crippen molar-refractivity contribution in [2.24, 2.45) is 0 Å². The summed E-state index contributed by atoms with van der Waals surface area (Å²) in [7, 11) is 0. The van der Waals surface area contributed by atoms with Gasteiger partial charge in [0.1, 0.15) is 0 Å². The fraction of sp³-hybridized carbons (Fsp3) is 0.444. The van der Waals surface area contributed by atoms with Gasteiger partial charge in [-0.1, -0.05) is 42.3 Å².